The number of carboxylic acids is 1. The van der Waals surface area contributed by atoms with Gasteiger partial charge in [0.25, 0.3) is 0 Å². The minimum absolute atomic E-state index is 0.0116. The van der Waals surface area contributed by atoms with E-state index in [-0.39, 0.29) is 97.3 Å². The number of hydrogen-bond acceptors (Lipinski definition) is 10. The predicted octanol–water partition coefficient (Wildman–Crippen LogP) is 13.4. The van der Waals surface area contributed by atoms with Crippen molar-refractivity contribution < 1.29 is 52.9 Å². The van der Waals surface area contributed by atoms with Crippen molar-refractivity contribution in [2.75, 3.05) is 41.4 Å². The minimum atomic E-state index is -1.18. The number of likely N-dealkylation sites (N-methyl/N-ethyl adjacent to an activating group) is 1. The first-order chi connectivity index (χ1) is 40.5. The molecule has 0 aromatic carbocycles. The summed E-state index contributed by atoms with van der Waals surface area (Å²) >= 11 is 0. The molecule has 9 atom stereocenters. The van der Waals surface area contributed by atoms with Crippen LogP contribution in [0, 0.1) is 34.5 Å². The number of aliphatic carboxylic acids is 1. The van der Waals surface area contributed by atoms with E-state index in [0.29, 0.717) is 56.2 Å². The molecule has 1 spiro atoms. The Bertz CT molecular complexity index is 1980. The molecule has 4 N–H and O–H groups in total. The summed E-state index contributed by atoms with van der Waals surface area (Å²) in [5.74, 6) is -3.47. The van der Waals surface area contributed by atoms with E-state index >= 15 is 0 Å². The fourth-order valence-corrected chi connectivity index (χ4v) is 10.4. The molecular weight excluding hydrogens is 1090 g/mol. The first-order valence-corrected chi connectivity index (χ1v) is 32.8. The molecule has 3 aliphatic rings. The summed E-state index contributed by atoms with van der Waals surface area (Å²) in [7, 11) is 6.54. The van der Waals surface area contributed by atoms with E-state index in [9.17, 15) is 38.7 Å². The van der Waals surface area contributed by atoms with Gasteiger partial charge in [-0.15, -0.1) is 0 Å². The predicted molar refractivity (Wildman–Crippen MR) is 354 cm³/mol. The van der Waals surface area contributed by atoms with Crippen LogP contribution in [0.2, 0.25) is 0 Å². The second kappa shape index (κ2) is 49.0. The maximum Gasteiger partial charge on any atom is 0.326 e. The quantitative estimate of drug-likeness (QED) is 0.0265. The summed E-state index contributed by atoms with van der Waals surface area (Å²) in [6.07, 6.45) is 19.5. The van der Waals surface area contributed by atoms with Crippen molar-refractivity contribution in [1.82, 2.24) is 24.9 Å². The van der Waals surface area contributed by atoms with E-state index in [1.807, 2.05) is 67.2 Å². The van der Waals surface area contributed by atoms with Gasteiger partial charge in [-0.1, -0.05) is 200 Å². The number of nitrogens with zero attached hydrogens (tertiary/aromatic N) is 4. The van der Waals surface area contributed by atoms with Crippen LogP contribution in [0.25, 0.3) is 0 Å². The number of unbranched alkanes of at least 4 members (excludes halogenated alkanes) is 4. The van der Waals surface area contributed by atoms with Crippen molar-refractivity contribution in [1.29, 1.82) is 0 Å². The lowest BCUT2D eigenvalue weighted by Crippen LogP contribution is -2.54. The van der Waals surface area contributed by atoms with Crippen molar-refractivity contribution in [3.8, 4) is 0 Å². The largest absolute Gasteiger partial charge is 0.480 e. The monoisotopic (exact) mass is 1220 g/mol. The Labute approximate surface area is 525 Å². The first kappa shape index (κ1) is 87.5. The highest BCUT2D eigenvalue weighted by molar-refractivity contribution is 6.03. The Morgan fingerprint density at radius 3 is 1.80 bits per heavy atom. The summed E-state index contributed by atoms with van der Waals surface area (Å²) in [5, 5.41) is 12.7. The Morgan fingerprint density at radius 1 is 0.849 bits per heavy atom. The standard InChI is InChI=1S/C49H79N5O10.C8H18.C4H10.C3H8.2C2H6.CH3NO/c1-13-19-35(20-14-2)26-36(48(61)62)50-46(59)34(8)45(64-12)38-29-49(22-23-49)30-54(38)43(58)28-39(63-11)44(32(6)15-3)52(10)41(56)27-37(31(4)5)51(9)40(55)21-17-16-18-24-53-42(57)25-33(7)47(53)60;1-5-6-7-8(2,3)4;1-3-4-2;1-3-2;2*1-2;2-1-3/h13-14,19-20,31-34,36-39,44-45H,1,15-18,21-30H2,2-12H3,(H,50,59)(H,61,62);5-7H2,1-4H3;3-4H2,1-2H3;3H2,1-2H3;2*1-2H3;1H,(H2,2,3)/b20-14-,35-19+;;;;;;/t32?,33?,34?,36?,37?,38?,39?,44?,45-;;;;;;/m1....../s1. The number of rotatable bonds is 30. The third kappa shape index (κ3) is 33.4. The van der Waals surface area contributed by atoms with Crippen molar-refractivity contribution in [3.05, 3.63) is 36.5 Å². The maximum atomic E-state index is 14.6. The number of imide groups is 1. The Hall–Kier alpha value is -4.90. The van der Waals surface area contributed by atoms with E-state index in [1.165, 1.54) is 50.5 Å². The van der Waals surface area contributed by atoms with Gasteiger partial charge in [0.2, 0.25) is 41.9 Å². The van der Waals surface area contributed by atoms with Gasteiger partial charge >= 0.3 is 5.97 Å². The molecule has 0 bridgehead atoms. The lowest BCUT2D eigenvalue weighted by Gasteiger charge is -2.40. The molecule has 0 radical (unpaired) electrons. The Kier molecular flexibility index (Phi) is 49.9. The lowest BCUT2D eigenvalue weighted by molar-refractivity contribution is -0.147. The average Bonchev–Trinajstić information content (AvgIpc) is 1.64. The van der Waals surface area contributed by atoms with Crippen LogP contribution in [0.15, 0.2) is 36.5 Å². The van der Waals surface area contributed by atoms with Gasteiger partial charge in [-0.25, -0.2) is 4.79 Å². The highest BCUT2D eigenvalue weighted by atomic mass is 16.5. The highest BCUT2D eigenvalue weighted by Gasteiger charge is 2.56. The van der Waals surface area contributed by atoms with Crippen molar-refractivity contribution in [3.63, 3.8) is 0 Å². The van der Waals surface area contributed by atoms with Gasteiger partial charge in [-0.05, 0) is 73.7 Å². The molecule has 8 unspecified atom stereocenters. The van der Waals surface area contributed by atoms with Gasteiger partial charge in [0, 0.05) is 79.0 Å². The second-order valence-electron chi connectivity index (χ2n) is 24.5. The average molecular weight is 1220 g/mol. The SMILES string of the molecule is C=C/C=C(\C=C/C)CC(NC(=O)C(C)[C@@H](OC)C1CC2(CC2)CN1C(=O)CC(OC)C(C(C)CC)N(C)C(=O)CC(C(C)C)N(C)C(=O)CCCCCN1C(=O)CC(C)C1=O)C(=O)O.CC.CC.CCC.CCCC.CCCCC(C)(C)C.NC=O. The fourth-order valence-electron chi connectivity index (χ4n) is 10.4. The Balaban J connectivity index is -0.00000131. The van der Waals surface area contributed by atoms with Crippen LogP contribution >= 0.6 is 0 Å². The van der Waals surface area contributed by atoms with Crippen molar-refractivity contribution in [2.24, 2.45) is 40.2 Å². The number of methoxy groups -OCH3 is 2. The number of ether oxygens (including phenoxy) is 2. The molecule has 1 saturated carbocycles. The molecule has 86 heavy (non-hydrogen) atoms. The number of nitrogens with one attached hydrogen (secondary N) is 1. The number of nitrogens with two attached hydrogens (primary N) is 1. The Morgan fingerprint density at radius 2 is 1.41 bits per heavy atom. The number of likely N-dealkylation sites (tertiary alicyclic amines) is 2. The summed E-state index contributed by atoms with van der Waals surface area (Å²) < 4.78 is 12.1. The topological polar surface area (TPSA) is 226 Å². The summed E-state index contributed by atoms with van der Waals surface area (Å²) in [6, 6.07) is -2.47. The maximum absolute atomic E-state index is 14.6. The number of hydrogen-bond donors (Lipinski definition) is 3. The van der Waals surface area contributed by atoms with Gasteiger partial charge in [-0.3, -0.25) is 38.5 Å². The van der Waals surface area contributed by atoms with Crippen molar-refractivity contribution >= 4 is 47.8 Å². The molecule has 502 valence electrons. The van der Waals surface area contributed by atoms with Crippen LogP contribution in [0.1, 0.15) is 247 Å². The van der Waals surface area contributed by atoms with E-state index < -0.39 is 48.1 Å². The molecule has 2 aliphatic heterocycles. The van der Waals surface area contributed by atoms with E-state index in [4.69, 9.17) is 14.3 Å². The first-order valence-electron chi connectivity index (χ1n) is 32.8. The summed E-state index contributed by atoms with van der Waals surface area (Å²) in [6.45, 7) is 43.6. The number of allylic oxidation sites excluding steroid dienone is 4. The van der Waals surface area contributed by atoms with Gasteiger partial charge in [0.05, 0.1) is 36.6 Å². The molecule has 17 heteroatoms. The molecular formula is C69H130N6O11. The van der Waals surface area contributed by atoms with Gasteiger partial charge in [0.1, 0.15) is 6.04 Å². The summed E-state index contributed by atoms with van der Waals surface area (Å²) in [4.78, 5) is 108. The van der Waals surface area contributed by atoms with Crippen LogP contribution in [0.5, 0.6) is 0 Å². The zero-order valence-electron chi connectivity index (χ0n) is 58.9. The molecule has 3 fully saturated rings. The number of carboxylic acid groups (broad SMARTS) is 1. The molecule has 17 nitrogen and oxygen atoms in total. The normalized spacial score (nSPS) is 18.1. The van der Waals surface area contributed by atoms with Gasteiger partial charge in [0.15, 0.2) is 0 Å². The number of carbonyl (C=O) groups is 8. The third-order valence-corrected chi connectivity index (χ3v) is 15.8. The van der Waals surface area contributed by atoms with Gasteiger partial charge < -0.3 is 40.3 Å². The zero-order chi connectivity index (χ0) is 67.5. The third-order valence-electron chi connectivity index (χ3n) is 15.8. The molecule has 2 saturated heterocycles. The number of carbonyl (C=O) groups excluding carboxylic acids is 7. The second-order valence-corrected chi connectivity index (χ2v) is 24.5. The smallest absolute Gasteiger partial charge is 0.326 e. The molecule has 0 aromatic rings. The molecule has 2 heterocycles. The van der Waals surface area contributed by atoms with Crippen LogP contribution in [0.3, 0.4) is 0 Å². The van der Waals surface area contributed by atoms with Crippen LogP contribution in [0.4, 0.5) is 0 Å². The molecule has 3 rings (SSSR count). The van der Waals surface area contributed by atoms with Crippen molar-refractivity contribution in [2.45, 2.75) is 284 Å². The number of primary amides is 1. The molecule has 7 amide bonds. The van der Waals surface area contributed by atoms with Crippen LogP contribution in [-0.4, -0.2) is 150 Å². The van der Waals surface area contributed by atoms with E-state index in [2.05, 4.69) is 73.0 Å². The van der Waals surface area contributed by atoms with Crippen LogP contribution in [-0.2, 0) is 47.8 Å². The van der Waals surface area contributed by atoms with E-state index in [1.54, 1.807) is 69.2 Å². The number of amides is 7. The van der Waals surface area contributed by atoms with E-state index in [0.717, 1.165) is 12.8 Å². The molecule has 1 aliphatic carbocycles. The highest BCUT2D eigenvalue weighted by Crippen LogP contribution is 2.56. The fraction of sp³-hybridized carbons (Fsp3) is 0.797. The summed E-state index contributed by atoms with van der Waals surface area (Å²) in [5.41, 5.74) is 5.35. The zero-order valence-corrected chi connectivity index (χ0v) is 58.9. The molecule has 0 aromatic heterocycles. The van der Waals surface area contributed by atoms with Crippen LogP contribution < -0.4 is 11.1 Å². The lowest BCUT2D eigenvalue weighted by atomic mass is 9.89. The minimum Gasteiger partial charge on any atom is -0.480 e. The van der Waals surface area contributed by atoms with Gasteiger partial charge in [-0.2, -0.15) is 0 Å².